The van der Waals surface area contributed by atoms with Gasteiger partial charge >= 0.3 is 11.9 Å². The predicted octanol–water partition coefficient (Wildman–Crippen LogP) is 9.69. The number of ether oxygens (including phenoxy) is 4. The third-order valence-electron chi connectivity index (χ3n) is 13.1. The third-order valence-corrected chi connectivity index (χ3v) is 13.1. The lowest BCUT2D eigenvalue weighted by Crippen LogP contribution is -2.12. The Morgan fingerprint density at radius 2 is 0.964 bits per heavy atom. The monoisotopic (exact) mass is 1120 g/mol. The summed E-state index contributed by atoms with van der Waals surface area (Å²) in [5.74, 6) is 9.53. The van der Waals surface area contributed by atoms with E-state index < -0.39 is 22.3 Å². The number of hydrogen-bond donors (Lipinski definition) is 6. The van der Waals surface area contributed by atoms with Crippen LogP contribution >= 0.6 is 0 Å². The van der Waals surface area contributed by atoms with Crippen molar-refractivity contribution in [2.75, 3.05) is 25.7 Å². The maximum absolute atomic E-state index is 12.6. The third kappa shape index (κ3) is 10.4. The largest absolute Gasteiger partial charge is 0.465 e. The molecule has 10 N–H and O–H groups in total. The van der Waals surface area contributed by atoms with Crippen molar-refractivity contribution in [3.05, 3.63) is 214 Å². The number of nitrogens with two attached hydrogens (primary N) is 4. The second-order valence-electron chi connectivity index (χ2n) is 18.0. The number of nitrogen functional groups attached to an aromatic ring is 2. The fourth-order valence-corrected chi connectivity index (χ4v) is 9.39. The summed E-state index contributed by atoms with van der Waals surface area (Å²) in [5, 5.41) is 27.6. The number of aromatic nitrogens is 4. The molecule has 4 aromatic heterocycles. The number of non-ortho nitro benzene ring substituents is 1. The minimum Gasteiger partial charge on any atom is -0.465 e. The normalized spacial score (nSPS) is 11.0. The Morgan fingerprint density at radius 1 is 0.518 bits per heavy atom. The zero-order valence-electron chi connectivity index (χ0n) is 43.2. The maximum Gasteiger partial charge on any atom is 0.338 e. The van der Waals surface area contributed by atoms with Crippen molar-refractivity contribution in [1.82, 2.24) is 20.4 Å². The summed E-state index contributed by atoms with van der Waals surface area (Å²) >= 11 is 0. The number of aryl methyl sites for hydroxylation is 1. The first kappa shape index (κ1) is 56.2. The Hall–Kier alpha value is -11.6. The fraction of sp³-hybridized carbons (Fsp3) is 0.0667. The van der Waals surface area contributed by atoms with Gasteiger partial charge in [-0.15, -0.1) is 0 Å². The van der Waals surface area contributed by atoms with Crippen LogP contribution in [0.1, 0.15) is 33.7 Å². The van der Waals surface area contributed by atoms with E-state index in [2.05, 4.69) is 36.8 Å². The smallest absolute Gasteiger partial charge is 0.338 e. The molecule has 0 atom stereocenters. The summed E-state index contributed by atoms with van der Waals surface area (Å²) in [6.45, 7) is 2.02. The molecule has 416 valence electrons. The number of rotatable bonds is 3. The molecular weight excluding hydrogens is 1070 g/mol. The van der Waals surface area contributed by atoms with E-state index in [0.29, 0.717) is 61.6 Å². The number of nitrogens with one attached hydrogen (secondary N) is 2. The van der Waals surface area contributed by atoms with Crippen molar-refractivity contribution in [3.8, 4) is 45.5 Å². The number of anilines is 2. The predicted molar refractivity (Wildman–Crippen MR) is 314 cm³/mol. The van der Waals surface area contributed by atoms with Crippen LogP contribution < -0.4 is 54.6 Å². The molecule has 0 bridgehead atoms. The average molecular weight is 1120 g/mol. The van der Waals surface area contributed by atoms with Crippen LogP contribution in [-0.4, -0.2) is 51.5 Å². The molecule has 0 radical (unpaired) electrons. The lowest BCUT2D eigenvalue weighted by Gasteiger charge is -2.19. The molecule has 0 fully saturated rings. The number of nitro benzene ring substituents is 1. The number of nitro groups is 1. The van der Waals surface area contributed by atoms with Crippen molar-refractivity contribution in [1.29, 1.82) is 0 Å². The fourth-order valence-electron chi connectivity index (χ4n) is 9.39. The minimum atomic E-state index is -0.678. The lowest BCUT2D eigenvalue weighted by molar-refractivity contribution is -0.384. The van der Waals surface area contributed by atoms with Gasteiger partial charge in [-0.2, -0.15) is 10.2 Å². The lowest BCUT2D eigenvalue weighted by atomic mass is 9.99. The summed E-state index contributed by atoms with van der Waals surface area (Å²) in [6, 6.07) is 40.1. The second-order valence-corrected chi connectivity index (χ2v) is 18.0. The average Bonchev–Trinajstić information content (AvgIpc) is 2.16. The number of carbonyl (C=O) groups excluding carboxylic acids is 2. The molecule has 0 saturated carbocycles. The van der Waals surface area contributed by atoms with E-state index in [1.165, 1.54) is 44.6 Å². The van der Waals surface area contributed by atoms with E-state index in [9.17, 15) is 38.9 Å². The molecule has 6 heterocycles. The van der Waals surface area contributed by atoms with E-state index in [1.807, 2.05) is 43.3 Å². The quantitative estimate of drug-likeness (QED) is 0.0239. The van der Waals surface area contributed by atoms with Crippen LogP contribution in [0.4, 0.5) is 17.1 Å². The molecule has 0 amide bonds. The van der Waals surface area contributed by atoms with Crippen LogP contribution in [0.15, 0.2) is 174 Å². The molecule has 0 aliphatic carbocycles. The topological polar surface area (TPSA) is 370 Å². The Kier molecular flexibility index (Phi) is 15.6. The standard InChI is InChI=1S/C15H10N2O2.C15H9NO6.C15H11NO4.C14H9N3O2.CH4.H4N2/c1-8-5-6-11-10(7-8)14-13-9(15(18)17-16-14)3-2-4-12(13)19-11;1-21-15(18)9-3-2-4-12-13(9)14(17)10-7-8(16(19)20)5-6-11(10)22-12;1-19-15(18)9-3-2-4-12-13(9)14(17)10-7-8(16)5-6-11(10)20-12;15-7-4-5-10-9(6-7)13-12-8(14(18)17-16-13)2-1-3-11(12)19-10;;1-2/h2-7H,1H3,(H,17,18);2-7H,1H3;2-7H,16H2,1H3;1-6H,15H2,(H,17,18);1H4;1-2H2. The Balaban J connectivity index is 0.000000131. The SMILES string of the molecule is C.COC(=O)c1cccc2oc3ccc(N)cc3c(=O)c12.COC(=O)c1cccc2oc3ccc([N+](=O)[O-])cc3c(=O)c12.Cc1ccc2c(c1)-c1n[nH]c(=O)c3cccc(c13)O2.NN.Nc1ccc2c(c1)-c1n[nH]c(=O)c3cccc(c13)O2. The van der Waals surface area contributed by atoms with Gasteiger partial charge in [0.2, 0.25) is 10.9 Å². The number of carbonyl (C=O) groups is 2. The van der Waals surface area contributed by atoms with Gasteiger partial charge in [-0.3, -0.25) is 41.0 Å². The van der Waals surface area contributed by atoms with Crippen molar-refractivity contribution in [2.24, 2.45) is 11.7 Å². The van der Waals surface area contributed by atoms with Gasteiger partial charge < -0.3 is 39.2 Å². The summed E-state index contributed by atoms with van der Waals surface area (Å²) in [6.07, 6.45) is 0. The van der Waals surface area contributed by atoms with Crippen LogP contribution in [0.5, 0.6) is 23.0 Å². The summed E-state index contributed by atoms with van der Waals surface area (Å²) in [4.78, 5) is 82.6. The molecule has 23 heteroatoms. The number of H-pyrrole nitrogens is 2. The molecule has 8 aromatic carbocycles. The first-order valence-electron chi connectivity index (χ1n) is 24.4. The molecule has 0 spiro atoms. The van der Waals surface area contributed by atoms with Crippen LogP contribution in [-0.2, 0) is 9.47 Å². The molecule has 12 aromatic rings. The van der Waals surface area contributed by atoms with Crippen LogP contribution in [0.2, 0.25) is 0 Å². The van der Waals surface area contributed by atoms with Crippen molar-refractivity contribution >= 4 is 94.4 Å². The molecule has 14 rings (SSSR count). The first-order chi connectivity index (χ1) is 39.6. The number of aromatic amines is 2. The number of fused-ring (bicyclic) bond motifs is 8. The Morgan fingerprint density at radius 3 is 1.47 bits per heavy atom. The highest BCUT2D eigenvalue weighted by atomic mass is 16.6. The van der Waals surface area contributed by atoms with E-state index >= 15 is 0 Å². The van der Waals surface area contributed by atoms with Gasteiger partial charge in [0.15, 0.2) is 0 Å². The zero-order valence-corrected chi connectivity index (χ0v) is 43.2. The van der Waals surface area contributed by atoms with Gasteiger partial charge in [0.25, 0.3) is 16.8 Å². The molecule has 2 aliphatic heterocycles. The summed E-state index contributed by atoms with van der Waals surface area (Å²) in [5.41, 5.74) is 16.9. The number of nitrogens with zero attached hydrogens (tertiary/aromatic N) is 3. The van der Waals surface area contributed by atoms with E-state index in [1.54, 1.807) is 72.8 Å². The van der Waals surface area contributed by atoms with Gasteiger partial charge in [0.05, 0.1) is 73.4 Å². The Bertz CT molecular complexity index is 4730. The highest BCUT2D eigenvalue weighted by Gasteiger charge is 2.25. The Labute approximate surface area is 466 Å². The van der Waals surface area contributed by atoms with Gasteiger partial charge in [0.1, 0.15) is 56.7 Å². The van der Waals surface area contributed by atoms with E-state index in [4.69, 9.17) is 34.5 Å². The highest BCUT2D eigenvalue weighted by Crippen LogP contribution is 2.46. The number of esters is 2. The van der Waals surface area contributed by atoms with Crippen LogP contribution in [0.25, 0.3) is 87.9 Å². The van der Waals surface area contributed by atoms with E-state index in [0.717, 1.165) is 45.0 Å². The van der Waals surface area contributed by atoms with Crippen LogP contribution in [0.3, 0.4) is 0 Å². The zero-order chi connectivity index (χ0) is 58.1. The molecule has 83 heavy (non-hydrogen) atoms. The maximum atomic E-state index is 12.6. The second kappa shape index (κ2) is 23.0. The molecule has 2 aliphatic rings. The minimum absolute atomic E-state index is 0. The number of hydrazine groups is 1. The molecule has 0 unspecified atom stereocenters. The van der Waals surface area contributed by atoms with Crippen LogP contribution in [0, 0.1) is 17.0 Å². The van der Waals surface area contributed by atoms with Crippen molar-refractivity contribution in [2.45, 2.75) is 14.4 Å². The molecule has 0 saturated heterocycles. The van der Waals surface area contributed by atoms with Gasteiger partial charge in [-0.25, -0.2) is 19.8 Å². The molecule has 23 nitrogen and oxygen atoms in total. The van der Waals surface area contributed by atoms with Crippen molar-refractivity contribution in [3.63, 3.8) is 0 Å². The highest BCUT2D eigenvalue weighted by molar-refractivity contribution is 6.07. The van der Waals surface area contributed by atoms with Crippen molar-refractivity contribution < 1.29 is 42.3 Å². The van der Waals surface area contributed by atoms with Gasteiger partial charge in [0, 0.05) is 34.6 Å². The summed E-state index contributed by atoms with van der Waals surface area (Å²) in [7, 11) is 2.47. The van der Waals surface area contributed by atoms with Gasteiger partial charge in [-0.05, 0) is 110 Å². The number of hydrogen-bond acceptors (Lipinski definition) is 20. The number of benzene rings is 8. The molecular formula is C60H47N9O14. The number of methoxy groups -OCH3 is 2. The first-order valence-corrected chi connectivity index (χ1v) is 24.4. The summed E-state index contributed by atoms with van der Waals surface area (Å²) < 4.78 is 32.2. The van der Waals surface area contributed by atoms with Gasteiger partial charge in [-0.1, -0.05) is 43.3 Å². The van der Waals surface area contributed by atoms with E-state index in [-0.39, 0.29) is 68.1 Å².